The fraction of sp³-hybridized carbons (Fsp3) is 0.385. The molecule has 1 fully saturated rings. The van der Waals surface area contributed by atoms with Crippen LogP contribution in [-0.4, -0.2) is 15.1 Å². The van der Waals surface area contributed by atoms with E-state index in [0.29, 0.717) is 27.5 Å². The third kappa shape index (κ3) is 1.96. The summed E-state index contributed by atoms with van der Waals surface area (Å²) in [5.41, 5.74) is 0.272. The van der Waals surface area contributed by atoms with Crippen molar-refractivity contribution < 1.29 is 4.52 Å². The van der Waals surface area contributed by atoms with Crippen molar-refractivity contribution >= 4 is 23.2 Å². The topological polar surface area (TPSA) is 75.6 Å². The van der Waals surface area contributed by atoms with Crippen LogP contribution in [0.25, 0.3) is 11.5 Å². The lowest BCUT2D eigenvalue weighted by atomic mass is 10.1. The minimum atomic E-state index is -0.143. The van der Waals surface area contributed by atoms with Gasteiger partial charge in [-0.25, -0.2) is 4.98 Å². The molecule has 0 amide bonds. The summed E-state index contributed by atoms with van der Waals surface area (Å²) in [6.45, 7) is 4.01. The first-order valence-corrected chi connectivity index (χ1v) is 6.75. The van der Waals surface area contributed by atoms with E-state index in [1.165, 1.54) is 6.20 Å². The third-order valence-corrected chi connectivity index (χ3v) is 4.19. The average Bonchev–Trinajstić information content (AvgIpc) is 2.73. The highest BCUT2D eigenvalue weighted by molar-refractivity contribution is 6.35. The Kier molecular flexibility index (Phi) is 2.96. The van der Waals surface area contributed by atoms with Crippen molar-refractivity contribution in [1.29, 1.82) is 5.26 Å². The first kappa shape index (κ1) is 13.3. The van der Waals surface area contributed by atoms with E-state index in [9.17, 15) is 0 Å². The smallest absolute Gasteiger partial charge is 0.232 e. The molecule has 20 heavy (non-hydrogen) atoms. The Bertz CT molecular complexity index is 719. The first-order valence-electron chi connectivity index (χ1n) is 5.99. The van der Waals surface area contributed by atoms with E-state index in [0.717, 1.165) is 0 Å². The molecule has 0 spiro atoms. The SMILES string of the molecule is CC1(C)C(C#N)C1c1nc(-c2ncc(Cl)cc2Cl)no1. The minimum absolute atomic E-state index is 0.0418. The summed E-state index contributed by atoms with van der Waals surface area (Å²) in [5, 5.41) is 13.8. The molecule has 2 aromatic heterocycles. The molecule has 102 valence electrons. The first-order chi connectivity index (χ1) is 9.45. The summed E-state index contributed by atoms with van der Waals surface area (Å²) >= 11 is 11.9. The molecular formula is C13H10Cl2N4O. The number of hydrogen-bond acceptors (Lipinski definition) is 5. The zero-order valence-electron chi connectivity index (χ0n) is 10.8. The fourth-order valence-electron chi connectivity index (χ4n) is 2.38. The van der Waals surface area contributed by atoms with Crippen molar-refractivity contribution in [3.63, 3.8) is 0 Å². The predicted molar refractivity (Wildman–Crippen MR) is 73.2 cm³/mol. The highest BCUT2D eigenvalue weighted by Gasteiger charge is 2.62. The molecule has 1 aliphatic carbocycles. The summed E-state index contributed by atoms with van der Waals surface area (Å²) in [7, 11) is 0. The molecular weight excluding hydrogens is 299 g/mol. The van der Waals surface area contributed by atoms with E-state index < -0.39 is 0 Å². The second-order valence-corrected chi connectivity index (χ2v) is 6.19. The van der Waals surface area contributed by atoms with Gasteiger partial charge in [0, 0.05) is 6.20 Å². The van der Waals surface area contributed by atoms with Gasteiger partial charge in [0.15, 0.2) is 0 Å². The molecule has 0 aromatic carbocycles. The van der Waals surface area contributed by atoms with E-state index in [-0.39, 0.29) is 17.3 Å². The molecule has 3 rings (SSSR count). The maximum atomic E-state index is 9.08. The lowest BCUT2D eigenvalue weighted by Gasteiger charge is -1.97. The van der Waals surface area contributed by atoms with Gasteiger partial charge in [0.25, 0.3) is 0 Å². The average molecular weight is 309 g/mol. The van der Waals surface area contributed by atoms with Crippen molar-refractivity contribution in [1.82, 2.24) is 15.1 Å². The van der Waals surface area contributed by atoms with Crippen LogP contribution in [0.2, 0.25) is 10.0 Å². The van der Waals surface area contributed by atoms with Crippen molar-refractivity contribution in [2.75, 3.05) is 0 Å². The molecule has 2 aromatic rings. The van der Waals surface area contributed by atoms with E-state index in [4.69, 9.17) is 33.0 Å². The molecule has 2 unspecified atom stereocenters. The van der Waals surface area contributed by atoms with E-state index >= 15 is 0 Å². The largest absolute Gasteiger partial charge is 0.339 e. The van der Waals surface area contributed by atoms with Gasteiger partial charge in [-0.2, -0.15) is 10.2 Å². The van der Waals surface area contributed by atoms with Crippen LogP contribution in [-0.2, 0) is 0 Å². The number of rotatable bonds is 2. The Morgan fingerprint density at radius 3 is 2.75 bits per heavy atom. The third-order valence-electron chi connectivity index (χ3n) is 3.69. The van der Waals surface area contributed by atoms with Crippen molar-refractivity contribution in [2.24, 2.45) is 11.3 Å². The number of nitrogens with zero attached hydrogens (tertiary/aromatic N) is 4. The van der Waals surface area contributed by atoms with Gasteiger partial charge in [0.05, 0.1) is 28.0 Å². The van der Waals surface area contributed by atoms with Crippen LogP contribution in [0, 0.1) is 22.7 Å². The van der Waals surface area contributed by atoms with E-state index in [1.807, 2.05) is 13.8 Å². The second kappa shape index (κ2) is 4.44. The summed E-state index contributed by atoms with van der Waals surface area (Å²) in [6, 6.07) is 3.83. The molecule has 0 aliphatic heterocycles. The summed E-state index contributed by atoms with van der Waals surface area (Å²) < 4.78 is 5.25. The Labute approximate surface area is 125 Å². The van der Waals surface area contributed by atoms with E-state index in [1.54, 1.807) is 6.07 Å². The molecule has 2 heterocycles. The fourth-order valence-corrected chi connectivity index (χ4v) is 2.84. The molecule has 1 saturated carbocycles. The highest BCUT2D eigenvalue weighted by Crippen LogP contribution is 2.63. The standard InChI is InChI=1S/C13H10Cl2N4O/c1-13(2)7(4-16)9(13)12-18-11(19-20-12)10-8(15)3-6(14)5-17-10/h3,5,7,9H,1-2H3. The maximum absolute atomic E-state index is 9.08. The lowest BCUT2D eigenvalue weighted by Crippen LogP contribution is -1.91. The number of nitriles is 1. The van der Waals surface area contributed by atoms with Crippen molar-refractivity contribution in [3.8, 4) is 17.6 Å². The van der Waals surface area contributed by atoms with Crippen LogP contribution < -0.4 is 0 Å². The Hall–Kier alpha value is -1.64. The Balaban J connectivity index is 1.94. The van der Waals surface area contributed by atoms with Crippen LogP contribution in [0.15, 0.2) is 16.8 Å². The van der Waals surface area contributed by atoms with Gasteiger partial charge in [0.2, 0.25) is 11.7 Å². The summed E-state index contributed by atoms with van der Waals surface area (Å²) in [6.07, 6.45) is 1.47. The number of aromatic nitrogens is 3. The van der Waals surface area contributed by atoms with Gasteiger partial charge in [-0.05, 0) is 11.5 Å². The van der Waals surface area contributed by atoms with Crippen LogP contribution >= 0.6 is 23.2 Å². The van der Waals surface area contributed by atoms with Crippen LogP contribution in [0.1, 0.15) is 25.7 Å². The monoisotopic (exact) mass is 308 g/mol. The quantitative estimate of drug-likeness (QED) is 0.845. The van der Waals surface area contributed by atoms with Crippen LogP contribution in [0.4, 0.5) is 0 Å². The Morgan fingerprint density at radius 1 is 1.40 bits per heavy atom. The van der Waals surface area contributed by atoms with Crippen LogP contribution in [0.3, 0.4) is 0 Å². The predicted octanol–water partition coefficient (Wildman–Crippen LogP) is 3.70. The zero-order chi connectivity index (χ0) is 14.5. The Morgan fingerprint density at radius 2 is 2.15 bits per heavy atom. The summed E-state index contributed by atoms with van der Waals surface area (Å²) in [4.78, 5) is 8.41. The van der Waals surface area contributed by atoms with Gasteiger partial charge in [-0.15, -0.1) is 0 Å². The molecule has 2 atom stereocenters. The lowest BCUT2D eigenvalue weighted by molar-refractivity contribution is 0.368. The number of hydrogen-bond donors (Lipinski definition) is 0. The van der Waals surface area contributed by atoms with Gasteiger partial charge in [-0.3, -0.25) is 0 Å². The van der Waals surface area contributed by atoms with Gasteiger partial charge < -0.3 is 4.52 Å². The van der Waals surface area contributed by atoms with Crippen molar-refractivity contribution in [3.05, 3.63) is 28.2 Å². The second-order valence-electron chi connectivity index (χ2n) is 5.35. The normalized spacial score (nSPS) is 23.4. The molecule has 7 heteroatoms. The number of pyridine rings is 1. The molecule has 0 N–H and O–H groups in total. The number of halogens is 2. The van der Waals surface area contributed by atoms with Gasteiger partial charge in [0.1, 0.15) is 5.69 Å². The minimum Gasteiger partial charge on any atom is -0.339 e. The zero-order valence-corrected chi connectivity index (χ0v) is 12.3. The molecule has 1 aliphatic rings. The van der Waals surface area contributed by atoms with Gasteiger partial charge >= 0.3 is 0 Å². The molecule has 0 saturated heterocycles. The van der Waals surface area contributed by atoms with E-state index in [2.05, 4.69) is 21.2 Å². The molecule has 0 bridgehead atoms. The highest BCUT2D eigenvalue weighted by atomic mass is 35.5. The molecule has 0 radical (unpaired) electrons. The maximum Gasteiger partial charge on any atom is 0.232 e. The van der Waals surface area contributed by atoms with Crippen molar-refractivity contribution in [2.45, 2.75) is 19.8 Å². The van der Waals surface area contributed by atoms with Gasteiger partial charge in [-0.1, -0.05) is 42.2 Å². The molecule has 5 nitrogen and oxygen atoms in total. The summed E-state index contributed by atoms with van der Waals surface area (Å²) in [5.74, 6) is 0.606. The van der Waals surface area contributed by atoms with Crippen LogP contribution in [0.5, 0.6) is 0 Å².